The maximum atomic E-state index is 13.8. The number of carbonyl (C=O) groups is 1. The van der Waals surface area contributed by atoms with E-state index < -0.39 is 47.1 Å². The lowest BCUT2D eigenvalue weighted by Gasteiger charge is -2.38. The van der Waals surface area contributed by atoms with Crippen molar-refractivity contribution in [2.45, 2.75) is 36.0 Å². The molecule has 32 heavy (non-hydrogen) atoms. The monoisotopic (exact) mass is 504 g/mol. The van der Waals surface area contributed by atoms with Crippen LogP contribution < -0.4 is 5.32 Å². The number of rotatable bonds is 8. The van der Waals surface area contributed by atoms with Crippen molar-refractivity contribution in [3.05, 3.63) is 35.7 Å². The van der Waals surface area contributed by atoms with Gasteiger partial charge in [-0.2, -0.15) is 43.9 Å². The van der Waals surface area contributed by atoms with Gasteiger partial charge in [-0.05, 0) is 0 Å². The third-order valence-electron chi connectivity index (χ3n) is 3.96. The largest absolute Gasteiger partial charge is 0.393 e. The van der Waals surface area contributed by atoms with E-state index in [1.54, 1.807) is 6.07 Å². The van der Waals surface area contributed by atoms with Gasteiger partial charge in [-0.3, -0.25) is 10.1 Å². The minimum Gasteiger partial charge on any atom is -0.296 e. The molecule has 0 unspecified atom stereocenters. The second-order valence-corrected chi connectivity index (χ2v) is 6.94. The maximum Gasteiger partial charge on any atom is 0.393 e. The standard InChI is InChI=1S/C16H8F12N2OS/c17-9(18)12(19,20)14(23,24)16(27,28)15(25,26)13(21,22)10(31)30-11-29-8(6-32-11)7-4-2-1-3-5-7/h1-6,9H,(H,29,30,31). The van der Waals surface area contributed by atoms with Gasteiger partial charge in [0.25, 0.3) is 0 Å². The fourth-order valence-electron chi connectivity index (χ4n) is 2.13. The molecule has 0 aliphatic rings. The molecular weight excluding hydrogens is 496 g/mol. The number of nitrogens with one attached hydrogen (secondary N) is 1. The van der Waals surface area contributed by atoms with E-state index in [1.165, 1.54) is 24.3 Å². The lowest BCUT2D eigenvalue weighted by molar-refractivity contribution is -0.406. The topological polar surface area (TPSA) is 42.0 Å². The molecule has 1 amide bonds. The van der Waals surface area contributed by atoms with Crippen LogP contribution in [0.5, 0.6) is 0 Å². The summed E-state index contributed by atoms with van der Waals surface area (Å²) in [6.45, 7) is 0. The molecule has 3 nitrogen and oxygen atoms in total. The third kappa shape index (κ3) is 3.88. The molecule has 1 heterocycles. The number of aromatic nitrogens is 1. The highest BCUT2D eigenvalue weighted by molar-refractivity contribution is 7.14. The first-order valence-electron chi connectivity index (χ1n) is 7.91. The molecule has 0 aliphatic heterocycles. The van der Waals surface area contributed by atoms with Crippen LogP contribution in [-0.4, -0.2) is 46.9 Å². The molecule has 16 heteroatoms. The number of hydrogen-bond acceptors (Lipinski definition) is 3. The summed E-state index contributed by atoms with van der Waals surface area (Å²) in [6.07, 6.45) is -5.62. The highest BCUT2D eigenvalue weighted by Gasteiger charge is 2.89. The first-order chi connectivity index (χ1) is 14.4. The summed E-state index contributed by atoms with van der Waals surface area (Å²) in [5.74, 6) is -40.2. The predicted molar refractivity (Wildman–Crippen MR) is 86.9 cm³/mol. The van der Waals surface area contributed by atoms with E-state index in [1.807, 2.05) is 0 Å². The Labute approximate surface area is 174 Å². The van der Waals surface area contributed by atoms with Crippen LogP contribution in [0.1, 0.15) is 0 Å². The highest BCUT2D eigenvalue weighted by Crippen LogP contribution is 2.58. The second-order valence-electron chi connectivity index (χ2n) is 6.08. The van der Waals surface area contributed by atoms with Crippen LogP contribution >= 0.6 is 11.3 Å². The van der Waals surface area contributed by atoms with Crippen LogP contribution in [0.2, 0.25) is 0 Å². The SMILES string of the molecule is O=C(Nc1nc(-c2ccccc2)cs1)C(F)(F)C(F)(F)C(F)(F)C(F)(F)C(F)(F)C(F)F. The Morgan fingerprint density at radius 3 is 1.88 bits per heavy atom. The maximum absolute atomic E-state index is 13.8. The van der Waals surface area contributed by atoms with Crippen LogP contribution in [0.25, 0.3) is 11.3 Å². The lowest BCUT2D eigenvalue weighted by Crippen LogP contribution is -2.70. The van der Waals surface area contributed by atoms with E-state index in [0.29, 0.717) is 16.9 Å². The first kappa shape index (κ1) is 25.7. The van der Waals surface area contributed by atoms with E-state index in [2.05, 4.69) is 4.98 Å². The third-order valence-corrected chi connectivity index (χ3v) is 4.71. The number of anilines is 1. The quantitative estimate of drug-likeness (QED) is 0.436. The van der Waals surface area contributed by atoms with Crippen LogP contribution in [0, 0.1) is 0 Å². The molecule has 1 N–H and O–H groups in total. The van der Waals surface area contributed by atoms with Gasteiger partial charge in [-0.15, -0.1) is 11.3 Å². The summed E-state index contributed by atoms with van der Waals surface area (Å²) in [7, 11) is 0. The van der Waals surface area contributed by atoms with Crippen molar-refractivity contribution in [2.24, 2.45) is 0 Å². The van der Waals surface area contributed by atoms with Crippen molar-refractivity contribution >= 4 is 22.4 Å². The summed E-state index contributed by atoms with van der Waals surface area (Å²) in [5.41, 5.74) is 0.358. The van der Waals surface area contributed by atoms with Crippen molar-refractivity contribution in [1.82, 2.24) is 4.98 Å². The number of nitrogens with zero attached hydrogens (tertiary/aromatic N) is 1. The zero-order chi connectivity index (χ0) is 24.8. The lowest BCUT2D eigenvalue weighted by atomic mass is 9.94. The van der Waals surface area contributed by atoms with Crippen molar-refractivity contribution in [3.63, 3.8) is 0 Å². The second kappa shape index (κ2) is 8.12. The van der Waals surface area contributed by atoms with Crippen molar-refractivity contribution in [2.75, 3.05) is 5.32 Å². The average Bonchev–Trinajstić information content (AvgIpc) is 3.16. The van der Waals surface area contributed by atoms with E-state index in [4.69, 9.17) is 0 Å². The molecule has 0 saturated heterocycles. The fraction of sp³-hybridized carbons (Fsp3) is 0.375. The predicted octanol–water partition coefficient (Wildman–Crippen LogP) is 6.19. The molecule has 0 saturated carbocycles. The Kier molecular flexibility index (Phi) is 6.53. The van der Waals surface area contributed by atoms with Gasteiger partial charge < -0.3 is 0 Å². The number of amides is 1. The van der Waals surface area contributed by atoms with Crippen LogP contribution in [-0.2, 0) is 4.79 Å². The Balaban J connectivity index is 2.34. The number of carbonyl (C=O) groups excluding carboxylic acids is 1. The minimum atomic E-state index is -7.78. The molecule has 0 aliphatic carbocycles. The zero-order valence-corrected chi connectivity index (χ0v) is 15.7. The highest BCUT2D eigenvalue weighted by atomic mass is 32.1. The molecule has 178 valence electrons. The van der Waals surface area contributed by atoms with Gasteiger partial charge in [-0.25, -0.2) is 13.8 Å². The van der Waals surface area contributed by atoms with Crippen LogP contribution in [0.4, 0.5) is 57.8 Å². The summed E-state index contributed by atoms with van der Waals surface area (Å²) < 4.78 is 158. The zero-order valence-electron chi connectivity index (χ0n) is 14.8. The molecule has 1 aromatic carbocycles. The summed E-state index contributed by atoms with van der Waals surface area (Å²) >= 11 is 0.345. The fourth-order valence-corrected chi connectivity index (χ4v) is 2.85. The summed E-state index contributed by atoms with van der Waals surface area (Å²) in [6, 6.07) is 7.51. The molecule has 0 bridgehead atoms. The Hall–Kier alpha value is -2.52. The summed E-state index contributed by atoms with van der Waals surface area (Å²) in [5, 5.41) is 1.24. The first-order valence-corrected chi connectivity index (χ1v) is 8.79. The normalized spacial score (nSPS) is 14.0. The number of halogens is 12. The van der Waals surface area contributed by atoms with Crippen LogP contribution in [0.15, 0.2) is 35.7 Å². The number of thiazole rings is 1. The van der Waals surface area contributed by atoms with E-state index in [0.717, 1.165) is 10.7 Å². The van der Waals surface area contributed by atoms with Gasteiger partial charge in [0.05, 0.1) is 5.69 Å². The van der Waals surface area contributed by atoms with Gasteiger partial charge in [0, 0.05) is 10.9 Å². The smallest absolute Gasteiger partial charge is 0.296 e. The van der Waals surface area contributed by atoms with Crippen molar-refractivity contribution in [1.29, 1.82) is 0 Å². The van der Waals surface area contributed by atoms with Crippen molar-refractivity contribution < 1.29 is 57.5 Å². The molecule has 0 fully saturated rings. The molecule has 0 spiro atoms. The molecule has 1 aromatic heterocycles. The number of alkyl halides is 12. The molecule has 0 atom stereocenters. The van der Waals surface area contributed by atoms with Gasteiger partial charge in [0.15, 0.2) is 5.13 Å². The van der Waals surface area contributed by atoms with E-state index in [9.17, 15) is 57.5 Å². The molecule has 0 radical (unpaired) electrons. The minimum absolute atomic E-state index is 0.00872. The molecular formula is C16H8F12N2OS. The summed E-state index contributed by atoms with van der Waals surface area (Å²) in [4.78, 5) is 15.0. The van der Waals surface area contributed by atoms with E-state index >= 15 is 0 Å². The van der Waals surface area contributed by atoms with Gasteiger partial charge in [-0.1, -0.05) is 30.3 Å². The number of hydrogen-bond donors (Lipinski definition) is 1. The number of benzene rings is 1. The van der Waals surface area contributed by atoms with E-state index in [-0.39, 0.29) is 5.69 Å². The van der Waals surface area contributed by atoms with Gasteiger partial charge in [0.2, 0.25) is 0 Å². The van der Waals surface area contributed by atoms with Gasteiger partial charge in [0.1, 0.15) is 0 Å². The molecule has 2 rings (SSSR count). The average molecular weight is 504 g/mol. The Morgan fingerprint density at radius 1 is 0.844 bits per heavy atom. The Morgan fingerprint density at radius 2 is 1.38 bits per heavy atom. The van der Waals surface area contributed by atoms with Crippen molar-refractivity contribution in [3.8, 4) is 11.3 Å². The Bertz CT molecular complexity index is 961. The van der Waals surface area contributed by atoms with Crippen LogP contribution in [0.3, 0.4) is 0 Å². The van der Waals surface area contributed by atoms with Gasteiger partial charge >= 0.3 is 41.9 Å². The molecule has 2 aromatic rings.